The van der Waals surface area contributed by atoms with E-state index in [0.29, 0.717) is 16.8 Å². The van der Waals surface area contributed by atoms with Crippen molar-refractivity contribution in [2.45, 2.75) is 20.8 Å². The Balaban J connectivity index is 1.79. The molecule has 2 aromatic carbocycles. The van der Waals surface area contributed by atoms with Crippen molar-refractivity contribution in [3.8, 4) is 5.75 Å². The molecule has 4 N–H and O–H groups in total. The number of rotatable bonds is 4. The Hall–Kier alpha value is -2.38. The topological polar surface area (TPSA) is 57.4 Å². The van der Waals surface area contributed by atoms with Crippen molar-refractivity contribution in [2.75, 3.05) is 17.2 Å². The highest BCUT2D eigenvalue weighted by atomic mass is 32.1. The maximum Gasteiger partial charge on any atom is 0.189 e. The average Bonchev–Trinajstić information content (AvgIpc) is 2.58. The Kier molecular flexibility index (Phi) is 6.97. The normalized spacial score (nSPS) is 9.88. The molecule has 7 heteroatoms. The molecule has 0 heterocycles. The molecule has 0 saturated carbocycles. The molecule has 0 unspecified atom stereocenters. The molecule has 0 aliphatic heterocycles. The third kappa shape index (κ3) is 6.21. The van der Waals surface area contributed by atoms with Gasteiger partial charge in [0.1, 0.15) is 5.75 Å². The zero-order chi connectivity index (χ0) is 18.2. The monoisotopic (exact) mass is 374 g/mol. The van der Waals surface area contributed by atoms with Gasteiger partial charge in [-0.2, -0.15) is 0 Å². The number of hydrogen-bond acceptors (Lipinski definition) is 3. The summed E-state index contributed by atoms with van der Waals surface area (Å²) in [5.74, 6) is 0.823. The highest BCUT2D eigenvalue weighted by Gasteiger charge is 2.03. The van der Waals surface area contributed by atoms with Gasteiger partial charge in [-0.3, -0.25) is 10.9 Å². The van der Waals surface area contributed by atoms with E-state index in [9.17, 15) is 0 Å². The Morgan fingerprint density at radius 1 is 0.920 bits per heavy atom. The van der Waals surface area contributed by atoms with Gasteiger partial charge in [-0.1, -0.05) is 17.7 Å². The smallest absolute Gasteiger partial charge is 0.189 e. The Morgan fingerprint density at radius 3 is 2.16 bits per heavy atom. The van der Waals surface area contributed by atoms with Crippen LogP contribution in [0, 0.1) is 13.8 Å². The van der Waals surface area contributed by atoms with Gasteiger partial charge < -0.3 is 15.4 Å². The maximum absolute atomic E-state index is 5.40. The first-order valence-corrected chi connectivity index (χ1v) is 8.73. The molecule has 0 bridgehead atoms. The third-order valence-electron chi connectivity index (χ3n) is 3.34. The molecular weight excluding hydrogens is 352 g/mol. The van der Waals surface area contributed by atoms with E-state index in [4.69, 9.17) is 29.2 Å². The van der Waals surface area contributed by atoms with E-state index in [-0.39, 0.29) is 0 Å². The van der Waals surface area contributed by atoms with Crippen LogP contribution in [0.3, 0.4) is 0 Å². The lowest BCUT2D eigenvalue weighted by Crippen LogP contribution is -2.45. The molecular formula is C18H22N4OS2. The highest BCUT2D eigenvalue weighted by Crippen LogP contribution is 2.16. The van der Waals surface area contributed by atoms with Crippen molar-refractivity contribution in [3.05, 3.63) is 53.6 Å². The molecule has 132 valence electrons. The van der Waals surface area contributed by atoms with E-state index in [2.05, 4.69) is 34.5 Å². The molecule has 0 aromatic heterocycles. The fourth-order valence-corrected chi connectivity index (χ4v) is 2.51. The minimum absolute atomic E-state index is 0.411. The van der Waals surface area contributed by atoms with Gasteiger partial charge in [-0.05, 0) is 81.1 Å². The summed E-state index contributed by atoms with van der Waals surface area (Å²) in [5, 5.41) is 7.04. The first-order chi connectivity index (χ1) is 12.0. The lowest BCUT2D eigenvalue weighted by Gasteiger charge is -2.15. The van der Waals surface area contributed by atoms with Crippen molar-refractivity contribution in [2.24, 2.45) is 0 Å². The summed E-state index contributed by atoms with van der Waals surface area (Å²) in [7, 11) is 0. The van der Waals surface area contributed by atoms with E-state index in [0.717, 1.165) is 22.7 Å². The summed E-state index contributed by atoms with van der Waals surface area (Å²) in [4.78, 5) is 0. The fraction of sp³-hybridized carbons (Fsp3) is 0.222. The third-order valence-corrected chi connectivity index (χ3v) is 3.75. The summed E-state index contributed by atoms with van der Waals surface area (Å²) in [6, 6.07) is 13.7. The van der Waals surface area contributed by atoms with Crippen LogP contribution in [0.4, 0.5) is 11.4 Å². The van der Waals surface area contributed by atoms with Crippen LogP contribution in [0.2, 0.25) is 0 Å². The Labute approximate surface area is 159 Å². The minimum atomic E-state index is 0.411. The Bertz CT molecular complexity index is 747. The fourth-order valence-electron chi connectivity index (χ4n) is 2.18. The van der Waals surface area contributed by atoms with Gasteiger partial charge >= 0.3 is 0 Å². The molecule has 25 heavy (non-hydrogen) atoms. The molecule has 0 aliphatic rings. The summed E-state index contributed by atoms with van der Waals surface area (Å²) in [6.45, 7) is 6.68. The molecule has 5 nitrogen and oxygen atoms in total. The lowest BCUT2D eigenvalue weighted by molar-refractivity contribution is 0.340. The largest absolute Gasteiger partial charge is 0.494 e. The molecule has 0 amide bonds. The number of ether oxygens (including phenoxy) is 1. The minimum Gasteiger partial charge on any atom is -0.494 e. The Morgan fingerprint density at radius 2 is 1.56 bits per heavy atom. The number of benzene rings is 2. The van der Waals surface area contributed by atoms with Crippen LogP contribution in [-0.2, 0) is 0 Å². The van der Waals surface area contributed by atoms with Crippen LogP contribution in [-0.4, -0.2) is 16.8 Å². The van der Waals surface area contributed by atoms with E-state index < -0.39 is 0 Å². The van der Waals surface area contributed by atoms with Gasteiger partial charge in [0.2, 0.25) is 0 Å². The SMILES string of the molecule is CCOc1ccc(NC(=S)NNC(=S)Nc2ccc(C)cc2C)cc1. The lowest BCUT2D eigenvalue weighted by atomic mass is 10.1. The van der Waals surface area contributed by atoms with Gasteiger partial charge in [0.25, 0.3) is 0 Å². The molecule has 0 radical (unpaired) electrons. The highest BCUT2D eigenvalue weighted by molar-refractivity contribution is 7.81. The average molecular weight is 375 g/mol. The van der Waals surface area contributed by atoms with E-state index in [1.165, 1.54) is 5.56 Å². The number of thiocarbonyl (C=S) groups is 2. The second kappa shape index (κ2) is 9.19. The molecule has 2 aromatic rings. The standard InChI is InChI=1S/C18H22N4OS2/c1-4-23-15-8-6-14(7-9-15)19-17(24)21-22-18(25)20-16-10-5-12(2)11-13(16)3/h5-11H,4H2,1-3H3,(H2,19,21,24)(H2,20,22,25). The van der Waals surface area contributed by atoms with Crippen molar-refractivity contribution in [1.29, 1.82) is 0 Å². The second-order valence-corrected chi connectivity index (χ2v) is 6.25. The van der Waals surface area contributed by atoms with Crippen LogP contribution in [0.15, 0.2) is 42.5 Å². The molecule has 0 saturated heterocycles. The zero-order valence-electron chi connectivity index (χ0n) is 14.5. The second-order valence-electron chi connectivity index (χ2n) is 5.43. The van der Waals surface area contributed by atoms with Crippen LogP contribution in [0.5, 0.6) is 5.75 Å². The summed E-state index contributed by atoms with van der Waals surface area (Å²) >= 11 is 10.5. The predicted octanol–water partition coefficient (Wildman–Crippen LogP) is 3.89. The van der Waals surface area contributed by atoms with E-state index in [1.54, 1.807) is 0 Å². The van der Waals surface area contributed by atoms with Gasteiger partial charge in [0.05, 0.1) is 6.61 Å². The van der Waals surface area contributed by atoms with E-state index >= 15 is 0 Å². The van der Waals surface area contributed by atoms with Crippen LogP contribution in [0.1, 0.15) is 18.1 Å². The zero-order valence-corrected chi connectivity index (χ0v) is 16.1. The van der Waals surface area contributed by atoms with Gasteiger partial charge in [0, 0.05) is 11.4 Å². The first kappa shape index (κ1) is 19.0. The molecule has 0 fully saturated rings. The van der Waals surface area contributed by atoms with Crippen molar-refractivity contribution < 1.29 is 4.74 Å². The van der Waals surface area contributed by atoms with Crippen molar-refractivity contribution in [3.63, 3.8) is 0 Å². The van der Waals surface area contributed by atoms with E-state index in [1.807, 2.05) is 50.2 Å². The summed E-state index contributed by atoms with van der Waals surface area (Å²) in [5.41, 5.74) is 9.87. The quantitative estimate of drug-likeness (QED) is 0.478. The summed E-state index contributed by atoms with van der Waals surface area (Å²) < 4.78 is 5.40. The number of aryl methyl sites for hydroxylation is 2. The van der Waals surface area contributed by atoms with Crippen molar-refractivity contribution in [1.82, 2.24) is 10.9 Å². The molecule has 2 rings (SSSR count). The molecule has 0 atom stereocenters. The predicted molar refractivity (Wildman–Crippen MR) is 112 cm³/mol. The molecule has 0 spiro atoms. The van der Waals surface area contributed by atoms with Gasteiger partial charge in [0.15, 0.2) is 10.2 Å². The van der Waals surface area contributed by atoms with Gasteiger partial charge in [-0.15, -0.1) is 0 Å². The first-order valence-electron chi connectivity index (χ1n) is 7.92. The van der Waals surface area contributed by atoms with Crippen LogP contribution >= 0.6 is 24.4 Å². The van der Waals surface area contributed by atoms with Gasteiger partial charge in [-0.25, -0.2) is 0 Å². The number of hydrazine groups is 1. The number of nitrogens with one attached hydrogen (secondary N) is 4. The van der Waals surface area contributed by atoms with Crippen LogP contribution in [0.25, 0.3) is 0 Å². The summed E-state index contributed by atoms with van der Waals surface area (Å²) in [6.07, 6.45) is 0. The number of hydrogen-bond donors (Lipinski definition) is 4. The maximum atomic E-state index is 5.40. The molecule has 0 aliphatic carbocycles. The van der Waals surface area contributed by atoms with Crippen LogP contribution < -0.4 is 26.2 Å². The number of anilines is 2. The van der Waals surface area contributed by atoms with Crippen molar-refractivity contribution >= 4 is 46.0 Å².